The highest BCUT2D eigenvalue weighted by atomic mass is 32.1. The van der Waals surface area contributed by atoms with Crippen molar-refractivity contribution in [1.29, 1.82) is 0 Å². The van der Waals surface area contributed by atoms with Crippen LogP contribution in [-0.4, -0.2) is 47.8 Å². The molecule has 0 saturated carbocycles. The van der Waals surface area contributed by atoms with Crippen LogP contribution in [0.25, 0.3) is 10.2 Å². The van der Waals surface area contributed by atoms with Crippen molar-refractivity contribution in [2.24, 2.45) is 0 Å². The molecule has 2 aromatic heterocycles. The molecule has 7 heteroatoms. The zero-order valence-electron chi connectivity index (χ0n) is 13.8. The highest BCUT2D eigenvalue weighted by Gasteiger charge is 2.27. The minimum Gasteiger partial charge on any atom is -0.462 e. The molecule has 1 aliphatic heterocycles. The van der Waals surface area contributed by atoms with Crippen molar-refractivity contribution >= 4 is 33.3 Å². The summed E-state index contributed by atoms with van der Waals surface area (Å²) in [5.41, 5.74) is 0.894. The predicted octanol–water partition coefficient (Wildman–Crippen LogP) is 2.79. The Kier molecular flexibility index (Phi) is 4.50. The van der Waals surface area contributed by atoms with Crippen LogP contribution in [0.1, 0.15) is 36.0 Å². The molecule has 0 N–H and O–H groups in total. The van der Waals surface area contributed by atoms with Gasteiger partial charge in [-0.25, -0.2) is 14.8 Å². The lowest BCUT2D eigenvalue weighted by Gasteiger charge is -2.36. The summed E-state index contributed by atoms with van der Waals surface area (Å²) in [7, 11) is 0. The van der Waals surface area contributed by atoms with Crippen molar-refractivity contribution < 1.29 is 14.3 Å². The molecule has 0 aromatic carbocycles. The molecule has 0 aliphatic carbocycles. The van der Waals surface area contributed by atoms with Gasteiger partial charge in [-0.1, -0.05) is 0 Å². The second kappa shape index (κ2) is 6.41. The third kappa shape index (κ3) is 3.03. The molecule has 3 heterocycles. The Morgan fingerprint density at radius 2 is 2.09 bits per heavy atom. The van der Waals surface area contributed by atoms with Crippen molar-refractivity contribution in [3.63, 3.8) is 0 Å². The summed E-state index contributed by atoms with van der Waals surface area (Å²) < 4.78 is 10.9. The molecule has 6 nitrogen and oxygen atoms in total. The van der Waals surface area contributed by atoms with Crippen LogP contribution in [0.5, 0.6) is 0 Å². The Balaban J connectivity index is 2.06. The lowest BCUT2D eigenvalue weighted by atomic mass is 10.1. The van der Waals surface area contributed by atoms with E-state index in [9.17, 15) is 4.79 Å². The SMILES string of the molecule is CCOC(=O)c1sc2ncnc(N3C[C@@H](C)O[C@@H](C)C3)c2c1C. The molecular formula is C16H21N3O3S. The van der Waals surface area contributed by atoms with Crippen molar-refractivity contribution in [2.45, 2.75) is 39.9 Å². The number of ether oxygens (including phenoxy) is 2. The van der Waals surface area contributed by atoms with Gasteiger partial charge in [0.25, 0.3) is 0 Å². The lowest BCUT2D eigenvalue weighted by molar-refractivity contribution is -0.00538. The number of carbonyl (C=O) groups excluding carboxylic acids is 1. The molecule has 0 bridgehead atoms. The number of carbonyl (C=O) groups is 1. The second-order valence-electron chi connectivity index (χ2n) is 5.82. The lowest BCUT2D eigenvalue weighted by Crippen LogP contribution is -2.46. The number of rotatable bonds is 3. The van der Waals surface area contributed by atoms with Gasteiger partial charge >= 0.3 is 5.97 Å². The van der Waals surface area contributed by atoms with Gasteiger partial charge in [-0.3, -0.25) is 0 Å². The Morgan fingerprint density at radius 3 is 2.74 bits per heavy atom. The van der Waals surface area contributed by atoms with Gasteiger partial charge in [-0.05, 0) is 33.3 Å². The number of morpholine rings is 1. The van der Waals surface area contributed by atoms with Crippen LogP contribution in [0, 0.1) is 6.92 Å². The topological polar surface area (TPSA) is 64.5 Å². The second-order valence-corrected chi connectivity index (χ2v) is 6.82. The van der Waals surface area contributed by atoms with E-state index in [1.807, 2.05) is 13.8 Å². The number of esters is 1. The van der Waals surface area contributed by atoms with Gasteiger partial charge in [0.05, 0.1) is 24.2 Å². The zero-order valence-corrected chi connectivity index (χ0v) is 14.6. The number of aryl methyl sites for hydroxylation is 1. The van der Waals surface area contributed by atoms with Gasteiger partial charge in [0, 0.05) is 13.1 Å². The summed E-state index contributed by atoms with van der Waals surface area (Å²) in [6.07, 6.45) is 1.85. The standard InChI is InChI=1S/C16H21N3O3S/c1-5-21-16(20)13-11(4)12-14(17-8-18-15(12)23-13)19-6-9(2)22-10(3)7-19/h8-10H,5-7H2,1-4H3/t9-,10+. The van der Waals surface area contributed by atoms with Crippen LogP contribution in [-0.2, 0) is 9.47 Å². The van der Waals surface area contributed by atoms with Crippen LogP contribution < -0.4 is 4.90 Å². The molecule has 1 fully saturated rings. The van der Waals surface area contributed by atoms with E-state index >= 15 is 0 Å². The number of hydrogen-bond acceptors (Lipinski definition) is 7. The van der Waals surface area contributed by atoms with Gasteiger partial charge in [-0.2, -0.15) is 0 Å². The Morgan fingerprint density at radius 1 is 1.39 bits per heavy atom. The largest absolute Gasteiger partial charge is 0.462 e. The number of nitrogens with zero attached hydrogens (tertiary/aromatic N) is 3. The van der Waals surface area contributed by atoms with Gasteiger partial charge < -0.3 is 14.4 Å². The third-order valence-corrected chi connectivity index (χ3v) is 5.07. The normalized spacial score (nSPS) is 21.7. The Labute approximate surface area is 139 Å². The van der Waals surface area contributed by atoms with E-state index in [2.05, 4.69) is 28.7 Å². The van der Waals surface area contributed by atoms with Crippen molar-refractivity contribution in [3.8, 4) is 0 Å². The van der Waals surface area contributed by atoms with Crippen molar-refractivity contribution in [2.75, 3.05) is 24.6 Å². The summed E-state index contributed by atoms with van der Waals surface area (Å²) in [6.45, 7) is 9.79. The minimum atomic E-state index is -0.289. The van der Waals surface area contributed by atoms with E-state index in [1.165, 1.54) is 11.3 Å². The summed E-state index contributed by atoms with van der Waals surface area (Å²) in [6, 6.07) is 0. The van der Waals surface area contributed by atoms with E-state index in [-0.39, 0.29) is 18.2 Å². The Bertz CT molecular complexity index is 721. The molecule has 0 unspecified atom stereocenters. The van der Waals surface area contributed by atoms with Crippen LogP contribution in [0.15, 0.2) is 6.33 Å². The predicted molar refractivity (Wildman–Crippen MR) is 90.3 cm³/mol. The fraction of sp³-hybridized carbons (Fsp3) is 0.562. The fourth-order valence-electron chi connectivity index (χ4n) is 3.03. The van der Waals surface area contributed by atoms with Crippen LogP contribution >= 0.6 is 11.3 Å². The molecular weight excluding hydrogens is 314 g/mol. The Hall–Kier alpha value is -1.73. The highest BCUT2D eigenvalue weighted by molar-refractivity contribution is 7.20. The zero-order chi connectivity index (χ0) is 16.6. The maximum absolute atomic E-state index is 12.1. The molecule has 2 aromatic rings. The number of aromatic nitrogens is 2. The molecule has 3 rings (SSSR count). The molecule has 2 atom stereocenters. The number of thiophene rings is 1. The highest BCUT2D eigenvalue weighted by Crippen LogP contribution is 2.36. The van der Waals surface area contributed by atoms with E-state index in [1.54, 1.807) is 6.33 Å². The van der Waals surface area contributed by atoms with Crippen LogP contribution in [0.3, 0.4) is 0 Å². The molecule has 1 aliphatic rings. The molecule has 0 amide bonds. The van der Waals surface area contributed by atoms with Gasteiger partial charge in [0.1, 0.15) is 21.9 Å². The van der Waals surface area contributed by atoms with E-state index in [4.69, 9.17) is 9.47 Å². The van der Waals surface area contributed by atoms with Gasteiger partial charge in [-0.15, -0.1) is 11.3 Å². The average molecular weight is 335 g/mol. The van der Waals surface area contributed by atoms with E-state index < -0.39 is 0 Å². The van der Waals surface area contributed by atoms with E-state index in [0.29, 0.717) is 11.5 Å². The fourth-order valence-corrected chi connectivity index (χ4v) is 4.07. The summed E-state index contributed by atoms with van der Waals surface area (Å²) in [4.78, 5) is 24.6. The average Bonchev–Trinajstić information content (AvgIpc) is 2.84. The first kappa shape index (κ1) is 16.1. The number of hydrogen-bond donors (Lipinski definition) is 0. The maximum Gasteiger partial charge on any atom is 0.348 e. The number of anilines is 1. The van der Waals surface area contributed by atoms with E-state index in [0.717, 1.165) is 34.7 Å². The first-order chi connectivity index (χ1) is 11.0. The van der Waals surface area contributed by atoms with Gasteiger partial charge in [0.15, 0.2) is 0 Å². The van der Waals surface area contributed by atoms with Crippen molar-refractivity contribution in [3.05, 3.63) is 16.8 Å². The molecule has 0 spiro atoms. The summed E-state index contributed by atoms with van der Waals surface area (Å²) in [5.74, 6) is 0.587. The molecule has 124 valence electrons. The smallest absolute Gasteiger partial charge is 0.348 e. The molecule has 1 saturated heterocycles. The monoisotopic (exact) mass is 335 g/mol. The quantitative estimate of drug-likeness (QED) is 0.804. The maximum atomic E-state index is 12.1. The number of fused-ring (bicyclic) bond motifs is 1. The minimum absolute atomic E-state index is 0.146. The first-order valence-electron chi connectivity index (χ1n) is 7.82. The van der Waals surface area contributed by atoms with Crippen LogP contribution in [0.4, 0.5) is 5.82 Å². The van der Waals surface area contributed by atoms with Gasteiger partial charge in [0.2, 0.25) is 0 Å². The molecule has 23 heavy (non-hydrogen) atoms. The first-order valence-corrected chi connectivity index (χ1v) is 8.64. The molecule has 0 radical (unpaired) electrons. The van der Waals surface area contributed by atoms with Crippen LogP contribution in [0.2, 0.25) is 0 Å². The summed E-state index contributed by atoms with van der Waals surface area (Å²) >= 11 is 1.37. The third-order valence-electron chi connectivity index (χ3n) is 3.89. The summed E-state index contributed by atoms with van der Waals surface area (Å²) in [5, 5.41) is 0.946. The van der Waals surface area contributed by atoms with Crippen molar-refractivity contribution in [1.82, 2.24) is 9.97 Å².